The van der Waals surface area contributed by atoms with Gasteiger partial charge in [0.05, 0.1) is 12.9 Å². The maximum absolute atomic E-state index is 14.7. The fourth-order valence-corrected chi connectivity index (χ4v) is 10.2. The van der Waals surface area contributed by atoms with Gasteiger partial charge >= 0.3 is 0 Å². The molecule has 4 heterocycles. The van der Waals surface area contributed by atoms with Gasteiger partial charge in [0.1, 0.15) is 59.6 Å². The number of aromatic nitrogens is 2. The van der Waals surface area contributed by atoms with Crippen molar-refractivity contribution in [3.8, 4) is 5.75 Å². The van der Waals surface area contributed by atoms with Crippen molar-refractivity contribution in [1.29, 1.82) is 0 Å². The number of amides is 10. The molecule has 3 aliphatic heterocycles. The van der Waals surface area contributed by atoms with Crippen LogP contribution < -0.4 is 54.0 Å². The zero-order chi connectivity index (χ0) is 60.5. The summed E-state index contributed by atoms with van der Waals surface area (Å²) in [6, 6.07) is 3.08. The van der Waals surface area contributed by atoms with Crippen LogP contribution in [0, 0.1) is 5.92 Å². The summed E-state index contributed by atoms with van der Waals surface area (Å²) in [6.07, 6.45) is 4.35. The van der Waals surface area contributed by atoms with Crippen LogP contribution in [0.4, 0.5) is 0 Å². The first-order valence-corrected chi connectivity index (χ1v) is 28.0. The van der Waals surface area contributed by atoms with Crippen LogP contribution in [0.2, 0.25) is 0 Å². The molecule has 3 aliphatic rings. The minimum Gasteiger partial charge on any atom is -0.508 e. The van der Waals surface area contributed by atoms with Crippen LogP contribution in [-0.4, -0.2) is 175 Å². The number of fused-ring (bicyclic) bond motifs is 1. The van der Waals surface area contributed by atoms with Crippen LogP contribution >= 0.6 is 0 Å². The standard InChI is InChI=1S/C56H79N15O12/c1-6-60-50(79)43-14-10-22-70(43)52(81)38(13-9-21-61-55(57)58)64-47(76)39(23-31(2)3)68-54(83)56(4,5)69-49(78)40(24-32-15-17-36(73)18-16-32)65-48(77)42(29-72)67-51(80)44-25-33-11-7-8-12-34(33)28-71(44)53(82)41(26-35-27-59-30-62-35)66-46(75)37-19-20-45(74)63-37/h7-8,11-12,15-18,27,30-31,37-44,72-73H,6,9-10,13-14,19-26,28-29H2,1-5H3,(H,59,62)(H,60,79)(H,63,74)(H,64,76)(H,65,77)(H,66,75)(H,67,80)(H,68,83)(H,69,78)(H4,57,58,61)/t37-,38-,39-,40-,41-,42-,43-,44+/m0/s1. The zero-order valence-electron chi connectivity index (χ0n) is 47.5. The number of nitrogens with two attached hydrogens (primary N) is 2. The highest BCUT2D eigenvalue weighted by Gasteiger charge is 2.43. The molecular formula is C56H79N15O12. The van der Waals surface area contributed by atoms with E-state index < -0.39 is 108 Å². The SMILES string of the molecule is CCNC(=O)[C@@H]1CCCN1C(=O)[C@H](CCCN=C(N)N)NC(=O)[C@H](CC(C)C)NC(=O)C(C)(C)NC(=O)[C@H](Cc1ccc(O)cc1)NC(=O)[C@H](CO)NC(=O)[C@H]1Cc2ccccc2CN1C(=O)[C@H](Cc1cnc[nH]1)NC(=O)[C@@H]1CCC(=O)N1. The Morgan fingerprint density at radius 1 is 0.783 bits per heavy atom. The van der Waals surface area contributed by atoms with Gasteiger partial charge in [-0.25, -0.2) is 4.98 Å². The lowest BCUT2D eigenvalue weighted by Gasteiger charge is -2.38. The number of aromatic hydroxyl groups is 1. The predicted molar refractivity (Wildman–Crippen MR) is 301 cm³/mol. The monoisotopic (exact) mass is 1150 g/mol. The molecule has 450 valence electrons. The summed E-state index contributed by atoms with van der Waals surface area (Å²) in [4.78, 5) is 153. The molecule has 0 spiro atoms. The van der Waals surface area contributed by atoms with Crippen molar-refractivity contribution in [1.82, 2.24) is 62.3 Å². The molecule has 2 fully saturated rings. The molecule has 15 N–H and O–H groups in total. The van der Waals surface area contributed by atoms with E-state index in [0.29, 0.717) is 36.2 Å². The summed E-state index contributed by atoms with van der Waals surface area (Å²) >= 11 is 0. The quantitative estimate of drug-likeness (QED) is 0.0216. The molecule has 6 rings (SSSR count). The van der Waals surface area contributed by atoms with Crippen molar-refractivity contribution in [2.75, 3.05) is 26.2 Å². The Hall–Kier alpha value is -8.62. The average Bonchev–Trinajstić information content (AvgIpc) is 4.16. The number of H-pyrrole nitrogens is 1. The molecule has 0 aliphatic carbocycles. The van der Waals surface area contributed by atoms with Gasteiger partial charge in [-0.2, -0.15) is 0 Å². The van der Waals surface area contributed by atoms with E-state index in [2.05, 4.69) is 57.5 Å². The number of phenolic OH excluding ortho intramolecular Hbond substituents is 1. The minimum atomic E-state index is -1.80. The Morgan fingerprint density at radius 3 is 2.10 bits per heavy atom. The molecule has 2 saturated heterocycles. The van der Waals surface area contributed by atoms with Crippen molar-refractivity contribution in [3.63, 3.8) is 0 Å². The number of aliphatic hydroxyl groups excluding tert-OH is 1. The first-order valence-electron chi connectivity index (χ1n) is 28.0. The molecule has 8 atom stereocenters. The number of hydrogen-bond donors (Lipinski definition) is 13. The Morgan fingerprint density at radius 2 is 1.46 bits per heavy atom. The van der Waals surface area contributed by atoms with Gasteiger partial charge in [-0.15, -0.1) is 0 Å². The molecule has 83 heavy (non-hydrogen) atoms. The first kappa shape index (κ1) is 63.6. The predicted octanol–water partition coefficient (Wildman–Crippen LogP) is -2.33. The summed E-state index contributed by atoms with van der Waals surface area (Å²) in [7, 11) is 0. The van der Waals surface area contributed by atoms with E-state index in [-0.39, 0.29) is 100 Å². The number of hydrogen-bond acceptors (Lipinski definition) is 14. The molecule has 2 aromatic carbocycles. The van der Waals surface area contributed by atoms with Gasteiger partial charge in [-0.05, 0) is 94.0 Å². The molecule has 3 aromatic rings. The number of guanidine groups is 1. The summed E-state index contributed by atoms with van der Waals surface area (Å²) in [5, 5.41) is 42.2. The van der Waals surface area contributed by atoms with E-state index in [0.717, 1.165) is 5.56 Å². The summed E-state index contributed by atoms with van der Waals surface area (Å²) in [5.74, 6) is -7.11. The van der Waals surface area contributed by atoms with Gasteiger partial charge in [0.2, 0.25) is 59.1 Å². The number of nitrogens with one attached hydrogen (secondary N) is 9. The molecular weight excluding hydrogens is 1070 g/mol. The van der Waals surface area contributed by atoms with Crippen LogP contribution in [0.3, 0.4) is 0 Å². The minimum absolute atomic E-state index is 0.0305. The Labute approximate surface area is 481 Å². The van der Waals surface area contributed by atoms with Gasteiger partial charge < -0.3 is 79.0 Å². The zero-order valence-corrected chi connectivity index (χ0v) is 47.5. The number of likely N-dealkylation sites (tertiary alicyclic amines) is 1. The van der Waals surface area contributed by atoms with Crippen molar-refractivity contribution in [2.45, 2.75) is 159 Å². The van der Waals surface area contributed by atoms with Gasteiger partial charge in [0, 0.05) is 63.8 Å². The number of benzene rings is 2. The lowest BCUT2D eigenvalue weighted by atomic mass is 9.92. The van der Waals surface area contributed by atoms with Gasteiger partial charge in [-0.3, -0.25) is 52.9 Å². The highest BCUT2D eigenvalue weighted by Crippen LogP contribution is 2.26. The van der Waals surface area contributed by atoms with E-state index in [4.69, 9.17) is 11.5 Å². The van der Waals surface area contributed by atoms with Crippen LogP contribution in [0.25, 0.3) is 0 Å². The van der Waals surface area contributed by atoms with Crippen LogP contribution in [-0.2, 0) is 73.8 Å². The number of nitrogens with zero attached hydrogens (tertiary/aromatic N) is 4. The number of aromatic amines is 1. The number of rotatable bonds is 27. The molecule has 1 aromatic heterocycles. The summed E-state index contributed by atoms with van der Waals surface area (Å²) in [6.45, 7) is 7.88. The molecule has 0 radical (unpaired) electrons. The highest BCUT2D eigenvalue weighted by molar-refractivity contribution is 6.00. The van der Waals surface area contributed by atoms with Crippen LogP contribution in [0.1, 0.15) is 102 Å². The van der Waals surface area contributed by atoms with E-state index in [1.54, 1.807) is 31.2 Å². The van der Waals surface area contributed by atoms with Gasteiger partial charge in [0.25, 0.3) is 0 Å². The molecule has 0 bridgehead atoms. The molecule has 27 nitrogen and oxygen atoms in total. The number of aliphatic imine (C=N–C) groups is 1. The molecule has 27 heteroatoms. The number of likely N-dealkylation sites (N-methyl/N-ethyl adjacent to an activating group) is 1. The van der Waals surface area contributed by atoms with Crippen LogP contribution in [0.15, 0.2) is 66.0 Å². The van der Waals surface area contributed by atoms with Crippen molar-refractivity contribution in [2.24, 2.45) is 22.4 Å². The maximum atomic E-state index is 14.7. The van der Waals surface area contributed by atoms with E-state index in [1.807, 2.05) is 13.8 Å². The molecule has 0 unspecified atom stereocenters. The smallest absolute Gasteiger partial charge is 0.246 e. The van der Waals surface area contributed by atoms with Gasteiger partial charge in [0.15, 0.2) is 5.96 Å². The number of imidazole rings is 1. The third kappa shape index (κ3) is 17.7. The fraction of sp³-hybridized carbons (Fsp3) is 0.536. The Kier molecular flexibility index (Phi) is 22.5. The van der Waals surface area contributed by atoms with Crippen LogP contribution in [0.5, 0.6) is 5.75 Å². The lowest BCUT2D eigenvalue weighted by Crippen LogP contribution is -2.64. The number of aliphatic hydroxyl groups is 1. The maximum Gasteiger partial charge on any atom is 0.246 e. The third-order valence-electron chi connectivity index (χ3n) is 14.6. The van der Waals surface area contributed by atoms with Crippen molar-refractivity contribution < 1.29 is 58.2 Å². The second kappa shape index (κ2) is 29.4. The average molecular weight is 1150 g/mol. The third-order valence-corrected chi connectivity index (χ3v) is 14.6. The number of phenols is 1. The Bertz CT molecular complexity index is 2840. The van der Waals surface area contributed by atoms with Crippen molar-refractivity contribution in [3.05, 3.63) is 83.4 Å². The molecule has 0 saturated carbocycles. The molecule has 10 amide bonds. The van der Waals surface area contributed by atoms with Crippen molar-refractivity contribution >= 4 is 65.0 Å². The highest BCUT2D eigenvalue weighted by atomic mass is 16.3. The van der Waals surface area contributed by atoms with E-state index >= 15 is 0 Å². The first-order chi connectivity index (χ1) is 39.5. The second-order valence-electron chi connectivity index (χ2n) is 22.0. The lowest BCUT2D eigenvalue weighted by molar-refractivity contribution is -0.145. The summed E-state index contributed by atoms with van der Waals surface area (Å²) < 4.78 is 0. The van der Waals surface area contributed by atoms with E-state index in [9.17, 15) is 58.2 Å². The number of carbonyl (C=O) groups is 10. The van der Waals surface area contributed by atoms with E-state index in [1.165, 1.54) is 60.4 Å². The summed E-state index contributed by atoms with van der Waals surface area (Å²) in [5.41, 5.74) is 11.6. The largest absolute Gasteiger partial charge is 0.508 e. The van der Waals surface area contributed by atoms with Gasteiger partial charge in [-0.1, -0.05) is 50.2 Å². The Balaban J connectivity index is 1.19. The fourth-order valence-electron chi connectivity index (χ4n) is 10.2. The number of carbonyl (C=O) groups excluding carboxylic acids is 10. The second-order valence-corrected chi connectivity index (χ2v) is 22.0. The topological polar surface area (TPSA) is 407 Å². The normalized spacial score (nSPS) is 18.4.